The number of aromatic hydroxyl groups is 1. The van der Waals surface area contributed by atoms with E-state index in [9.17, 15) is 14.3 Å². The number of ether oxygens (including phenoxy) is 1. The summed E-state index contributed by atoms with van der Waals surface area (Å²) >= 11 is 0. The molecule has 1 N–H and O–H groups in total. The van der Waals surface area contributed by atoms with Crippen molar-refractivity contribution in [3.05, 3.63) is 84.2 Å². The number of imidazole rings is 1. The van der Waals surface area contributed by atoms with Crippen LogP contribution in [0.15, 0.2) is 67.3 Å². The van der Waals surface area contributed by atoms with Crippen molar-refractivity contribution in [2.24, 2.45) is 5.92 Å². The van der Waals surface area contributed by atoms with Crippen LogP contribution in [-0.4, -0.2) is 33.7 Å². The summed E-state index contributed by atoms with van der Waals surface area (Å²) in [5.74, 6) is 1.34. The molecule has 36 heavy (non-hydrogen) atoms. The van der Waals surface area contributed by atoms with Gasteiger partial charge in [0.15, 0.2) is 5.78 Å². The second kappa shape index (κ2) is 12.9. The zero-order valence-corrected chi connectivity index (χ0v) is 21.3. The van der Waals surface area contributed by atoms with E-state index in [1.165, 1.54) is 0 Å². The predicted molar refractivity (Wildman–Crippen MR) is 144 cm³/mol. The highest BCUT2D eigenvalue weighted by atomic mass is 19.1. The number of hydrogen-bond donors (Lipinski definition) is 1. The fourth-order valence-electron chi connectivity index (χ4n) is 4.07. The fourth-order valence-corrected chi connectivity index (χ4v) is 4.07. The van der Waals surface area contributed by atoms with Gasteiger partial charge in [-0.3, -0.25) is 4.79 Å². The van der Waals surface area contributed by atoms with E-state index < -0.39 is 6.67 Å². The predicted octanol–water partition coefficient (Wildman–Crippen LogP) is 7.23. The highest BCUT2D eigenvalue weighted by molar-refractivity contribution is 5.99. The van der Waals surface area contributed by atoms with Crippen LogP contribution in [0.2, 0.25) is 0 Å². The summed E-state index contributed by atoms with van der Waals surface area (Å²) in [6, 6.07) is 11.2. The van der Waals surface area contributed by atoms with Gasteiger partial charge in [-0.2, -0.15) is 0 Å². The lowest BCUT2D eigenvalue weighted by atomic mass is 9.98. The maximum Gasteiger partial charge on any atom is 0.166 e. The monoisotopic (exact) mass is 490 g/mol. The highest BCUT2D eigenvalue weighted by Crippen LogP contribution is 2.32. The van der Waals surface area contributed by atoms with Crippen LogP contribution in [-0.2, 0) is 6.54 Å². The molecule has 0 aliphatic heterocycles. The first-order chi connectivity index (χ1) is 17.4. The SMILES string of the molecule is C=C/C=C\C=C(/CF)c1nc2ccccc2n1CCCCOc1ccc(C(=O)CC(C)C)c(O)c1C. The lowest BCUT2D eigenvalue weighted by Crippen LogP contribution is -2.08. The number of nitrogens with zero attached hydrogens (tertiary/aromatic N) is 2. The Hall–Kier alpha value is -3.67. The number of phenols is 1. The van der Waals surface area contributed by atoms with Gasteiger partial charge < -0.3 is 14.4 Å². The van der Waals surface area contributed by atoms with Crippen LogP contribution < -0.4 is 4.74 Å². The second-order valence-corrected chi connectivity index (χ2v) is 9.18. The molecule has 0 amide bonds. The number of halogens is 1. The van der Waals surface area contributed by atoms with Gasteiger partial charge >= 0.3 is 0 Å². The number of phenolic OH excluding ortho intramolecular Hbond substituents is 1. The van der Waals surface area contributed by atoms with E-state index in [4.69, 9.17) is 4.74 Å². The molecule has 0 spiro atoms. The lowest BCUT2D eigenvalue weighted by molar-refractivity contribution is 0.0965. The molecule has 0 unspecified atom stereocenters. The maximum atomic E-state index is 13.9. The van der Waals surface area contributed by atoms with Gasteiger partial charge in [0.1, 0.15) is 24.0 Å². The van der Waals surface area contributed by atoms with E-state index in [1.807, 2.05) is 38.1 Å². The molecule has 1 aromatic heterocycles. The molecule has 0 saturated carbocycles. The molecule has 0 radical (unpaired) electrons. The van der Waals surface area contributed by atoms with E-state index in [1.54, 1.807) is 43.4 Å². The quantitative estimate of drug-likeness (QED) is 0.156. The molecule has 190 valence electrons. The molecule has 3 rings (SSSR count). The van der Waals surface area contributed by atoms with Crippen LogP contribution in [0.3, 0.4) is 0 Å². The lowest BCUT2D eigenvalue weighted by Gasteiger charge is -2.14. The Balaban J connectivity index is 1.67. The first kappa shape index (κ1) is 26.9. The van der Waals surface area contributed by atoms with E-state index >= 15 is 0 Å². The number of allylic oxidation sites excluding steroid dienone is 5. The Bertz CT molecular complexity index is 1270. The smallest absolute Gasteiger partial charge is 0.166 e. The van der Waals surface area contributed by atoms with Gasteiger partial charge in [0.05, 0.1) is 23.2 Å². The summed E-state index contributed by atoms with van der Waals surface area (Å²) in [6.07, 6.45) is 8.84. The van der Waals surface area contributed by atoms with E-state index in [0.717, 1.165) is 23.9 Å². The van der Waals surface area contributed by atoms with Crippen molar-refractivity contribution in [3.8, 4) is 11.5 Å². The van der Waals surface area contributed by atoms with Crippen molar-refractivity contribution in [2.45, 2.75) is 46.6 Å². The van der Waals surface area contributed by atoms with Crippen molar-refractivity contribution in [1.82, 2.24) is 9.55 Å². The second-order valence-electron chi connectivity index (χ2n) is 9.18. The number of hydrogen-bond acceptors (Lipinski definition) is 4. The standard InChI is InChI=1S/C30H35FN2O3/c1-5-6-7-12-23(20-31)30-32-25-13-8-9-14-26(25)33(30)17-10-11-18-36-28-16-15-24(29(35)22(28)4)27(34)19-21(2)3/h5-9,12-16,21,35H,1,10-11,17-20H2,2-4H3/b7-6-,23-12+. The molecule has 0 bridgehead atoms. The number of unbranched alkanes of at least 4 members (excludes halogenated alkanes) is 1. The zero-order valence-electron chi connectivity index (χ0n) is 21.3. The zero-order chi connectivity index (χ0) is 26.1. The molecule has 1 heterocycles. The number of alkyl halides is 1. The number of carbonyl (C=O) groups excluding carboxylic acids is 1. The number of rotatable bonds is 13. The summed E-state index contributed by atoms with van der Waals surface area (Å²) in [5, 5.41) is 10.5. The minimum absolute atomic E-state index is 0.0104. The average molecular weight is 491 g/mol. The van der Waals surface area contributed by atoms with Crippen LogP contribution in [0, 0.1) is 12.8 Å². The minimum atomic E-state index is -0.619. The number of aryl methyl sites for hydroxylation is 1. The van der Waals surface area contributed by atoms with E-state index in [0.29, 0.717) is 47.8 Å². The molecule has 5 nitrogen and oxygen atoms in total. The van der Waals surface area contributed by atoms with Gasteiger partial charge in [0.2, 0.25) is 0 Å². The van der Waals surface area contributed by atoms with Gasteiger partial charge in [-0.25, -0.2) is 9.37 Å². The molecule has 6 heteroatoms. The summed E-state index contributed by atoms with van der Waals surface area (Å²) in [4.78, 5) is 17.1. The van der Waals surface area contributed by atoms with Gasteiger partial charge in [0, 0.05) is 24.1 Å². The van der Waals surface area contributed by atoms with Gasteiger partial charge in [0.25, 0.3) is 0 Å². The van der Waals surface area contributed by atoms with Crippen LogP contribution in [0.4, 0.5) is 4.39 Å². The number of benzene rings is 2. The summed E-state index contributed by atoms with van der Waals surface area (Å²) in [6.45, 7) is 9.85. The van der Waals surface area contributed by atoms with Gasteiger partial charge in [-0.05, 0) is 49.9 Å². The number of aromatic nitrogens is 2. The largest absolute Gasteiger partial charge is 0.507 e. The Morgan fingerprint density at radius 3 is 2.69 bits per heavy atom. The van der Waals surface area contributed by atoms with Crippen LogP contribution in [0.5, 0.6) is 11.5 Å². The summed E-state index contributed by atoms with van der Waals surface area (Å²) in [7, 11) is 0. The van der Waals surface area contributed by atoms with Gasteiger partial charge in [-0.15, -0.1) is 0 Å². The first-order valence-electron chi connectivity index (χ1n) is 12.4. The third-order valence-corrected chi connectivity index (χ3v) is 5.94. The average Bonchev–Trinajstić information content (AvgIpc) is 3.22. The third-order valence-electron chi connectivity index (χ3n) is 5.94. The highest BCUT2D eigenvalue weighted by Gasteiger charge is 2.17. The number of carbonyl (C=O) groups is 1. The van der Waals surface area contributed by atoms with Crippen molar-refractivity contribution < 1.29 is 19.0 Å². The first-order valence-corrected chi connectivity index (χ1v) is 12.4. The summed E-state index contributed by atoms with van der Waals surface area (Å²) in [5.41, 5.74) is 3.21. The molecular weight excluding hydrogens is 455 g/mol. The van der Waals surface area contributed by atoms with Crippen LogP contribution in [0.1, 0.15) is 54.9 Å². The summed E-state index contributed by atoms with van der Waals surface area (Å²) < 4.78 is 21.8. The number of fused-ring (bicyclic) bond motifs is 1. The molecule has 0 fully saturated rings. The fraction of sp³-hybridized carbons (Fsp3) is 0.333. The Labute approximate surface area is 212 Å². The molecule has 0 saturated heterocycles. The van der Waals surface area contributed by atoms with Crippen molar-refractivity contribution in [3.63, 3.8) is 0 Å². The molecule has 0 aliphatic rings. The Kier molecular flexibility index (Phi) is 9.62. The van der Waals surface area contributed by atoms with Crippen LogP contribution in [0.25, 0.3) is 16.6 Å². The molecular formula is C30H35FN2O3. The van der Waals surface area contributed by atoms with Crippen molar-refractivity contribution >= 4 is 22.4 Å². The van der Waals surface area contributed by atoms with Crippen molar-refractivity contribution in [1.29, 1.82) is 0 Å². The van der Waals surface area contributed by atoms with E-state index in [-0.39, 0.29) is 17.5 Å². The Morgan fingerprint density at radius 2 is 1.97 bits per heavy atom. The number of Topliss-reactive ketones (excluding diaryl/α,β-unsaturated/α-hetero) is 1. The number of ketones is 1. The van der Waals surface area contributed by atoms with Crippen LogP contribution >= 0.6 is 0 Å². The third kappa shape index (κ3) is 6.51. The minimum Gasteiger partial charge on any atom is -0.507 e. The maximum absolute atomic E-state index is 13.9. The molecule has 3 aromatic rings. The molecule has 0 aliphatic carbocycles. The number of para-hydroxylation sites is 2. The van der Waals surface area contributed by atoms with E-state index in [2.05, 4.69) is 16.1 Å². The van der Waals surface area contributed by atoms with Gasteiger partial charge in [-0.1, -0.05) is 56.9 Å². The molecule has 0 atom stereocenters. The molecule has 2 aromatic carbocycles. The normalized spacial score (nSPS) is 12.1. The topological polar surface area (TPSA) is 64.4 Å². The Morgan fingerprint density at radius 1 is 1.19 bits per heavy atom. The van der Waals surface area contributed by atoms with Crippen molar-refractivity contribution in [2.75, 3.05) is 13.3 Å².